The summed E-state index contributed by atoms with van der Waals surface area (Å²) in [6.07, 6.45) is 10.0. The molecule has 1 aliphatic rings. The van der Waals surface area contributed by atoms with Crippen LogP contribution >= 0.6 is 15.9 Å². The second-order valence-electron chi connectivity index (χ2n) is 7.11. The molecule has 3 aromatic rings. The van der Waals surface area contributed by atoms with Crippen LogP contribution in [-0.4, -0.2) is 32.4 Å². The van der Waals surface area contributed by atoms with Crippen LogP contribution in [0.5, 0.6) is 0 Å². The molecule has 3 heterocycles. The van der Waals surface area contributed by atoms with Gasteiger partial charge in [0.1, 0.15) is 5.82 Å². The standard InChI is InChI=1S/C20H24BrN5O/c21-17-12-24-26-19(17)8-16(25-18-6-2-1-5-15(18)13-27)9-20(26)23-11-14-4-3-7-22-10-14/h3-4,7-10,12,15,18,23,25,27H,1-2,5-6,11,13H2/t15-,18-/m1/s1. The molecule has 1 aliphatic carbocycles. The smallest absolute Gasteiger partial charge is 0.130 e. The van der Waals surface area contributed by atoms with Gasteiger partial charge in [0, 0.05) is 49.3 Å². The summed E-state index contributed by atoms with van der Waals surface area (Å²) in [5.74, 6) is 1.23. The van der Waals surface area contributed by atoms with Gasteiger partial charge in [-0.1, -0.05) is 18.9 Å². The molecule has 0 aromatic carbocycles. The molecule has 0 amide bonds. The first kappa shape index (κ1) is 18.3. The molecule has 0 unspecified atom stereocenters. The molecule has 4 rings (SSSR count). The summed E-state index contributed by atoms with van der Waals surface area (Å²) in [6.45, 7) is 0.912. The number of hydrogen-bond donors (Lipinski definition) is 3. The predicted molar refractivity (Wildman–Crippen MR) is 111 cm³/mol. The third-order valence-electron chi connectivity index (χ3n) is 5.26. The Morgan fingerprint density at radius 2 is 2.11 bits per heavy atom. The van der Waals surface area contributed by atoms with Gasteiger partial charge >= 0.3 is 0 Å². The molecule has 0 bridgehead atoms. The fourth-order valence-corrected chi connectivity index (χ4v) is 4.17. The van der Waals surface area contributed by atoms with Crippen LogP contribution in [0.4, 0.5) is 11.5 Å². The monoisotopic (exact) mass is 429 g/mol. The predicted octanol–water partition coefficient (Wildman–Crippen LogP) is 4.07. The minimum atomic E-state index is 0.238. The van der Waals surface area contributed by atoms with E-state index in [1.807, 2.05) is 29.0 Å². The van der Waals surface area contributed by atoms with E-state index in [1.165, 1.54) is 12.8 Å². The summed E-state index contributed by atoms with van der Waals surface area (Å²) < 4.78 is 2.86. The summed E-state index contributed by atoms with van der Waals surface area (Å²) in [5, 5.41) is 21.3. The number of nitrogens with zero attached hydrogens (tertiary/aromatic N) is 3. The normalized spacial score (nSPS) is 19.9. The molecule has 7 heteroatoms. The number of nitrogens with one attached hydrogen (secondary N) is 2. The number of fused-ring (bicyclic) bond motifs is 1. The molecule has 0 saturated heterocycles. The highest BCUT2D eigenvalue weighted by Crippen LogP contribution is 2.30. The van der Waals surface area contributed by atoms with Crippen molar-refractivity contribution in [3.05, 3.63) is 52.9 Å². The van der Waals surface area contributed by atoms with E-state index in [4.69, 9.17) is 0 Å². The summed E-state index contributed by atoms with van der Waals surface area (Å²) in [5.41, 5.74) is 3.16. The number of halogens is 1. The van der Waals surface area contributed by atoms with Crippen molar-refractivity contribution in [1.82, 2.24) is 14.6 Å². The average molecular weight is 430 g/mol. The first-order chi connectivity index (χ1) is 13.2. The van der Waals surface area contributed by atoms with Crippen LogP contribution in [0.2, 0.25) is 0 Å². The summed E-state index contributed by atoms with van der Waals surface area (Å²) in [7, 11) is 0. The van der Waals surface area contributed by atoms with Gasteiger partial charge in [0.25, 0.3) is 0 Å². The van der Waals surface area contributed by atoms with E-state index in [0.29, 0.717) is 18.5 Å². The Morgan fingerprint density at radius 3 is 2.93 bits per heavy atom. The topological polar surface area (TPSA) is 74.5 Å². The van der Waals surface area contributed by atoms with Gasteiger partial charge < -0.3 is 15.7 Å². The van der Waals surface area contributed by atoms with Gasteiger partial charge in [-0.15, -0.1) is 0 Å². The van der Waals surface area contributed by atoms with E-state index in [2.05, 4.69) is 48.8 Å². The molecule has 142 valence electrons. The van der Waals surface area contributed by atoms with E-state index < -0.39 is 0 Å². The van der Waals surface area contributed by atoms with Gasteiger partial charge in [0.2, 0.25) is 0 Å². The average Bonchev–Trinajstić information content (AvgIpc) is 3.08. The van der Waals surface area contributed by atoms with Gasteiger partial charge in [-0.05, 0) is 46.5 Å². The zero-order chi connectivity index (χ0) is 18.6. The lowest BCUT2D eigenvalue weighted by Gasteiger charge is -2.31. The van der Waals surface area contributed by atoms with Crippen molar-refractivity contribution < 1.29 is 5.11 Å². The van der Waals surface area contributed by atoms with E-state index in [1.54, 1.807) is 6.20 Å². The summed E-state index contributed by atoms with van der Waals surface area (Å²) in [6, 6.07) is 8.49. The lowest BCUT2D eigenvalue weighted by Crippen LogP contribution is -2.34. The first-order valence-corrected chi connectivity index (χ1v) is 10.2. The number of rotatable bonds is 6. The molecule has 0 spiro atoms. The lowest BCUT2D eigenvalue weighted by molar-refractivity contribution is 0.178. The Kier molecular flexibility index (Phi) is 5.59. The van der Waals surface area contributed by atoms with Gasteiger partial charge in [-0.3, -0.25) is 4.98 Å². The van der Waals surface area contributed by atoms with Gasteiger partial charge in [-0.25, -0.2) is 4.52 Å². The van der Waals surface area contributed by atoms with E-state index in [9.17, 15) is 5.11 Å². The Hall–Kier alpha value is -2.12. The van der Waals surface area contributed by atoms with Crippen LogP contribution < -0.4 is 10.6 Å². The fourth-order valence-electron chi connectivity index (χ4n) is 3.79. The molecular formula is C20H24BrN5O. The third kappa shape index (κ3) is 4.09. The van der Waals surface area contributed by atoms with Crippen molar-refractivity contribution in [3.63, 3.8) is 0 Å². The maximum absolute atomic E-state index is 9.71. The maximum atomic E-state index is 9.71. The Morgan fingerprint density at radius 1 is 1.22 bits per heavy atom. The first-order valence-electron chi connectivity index (χ1n) is 9.42. The largest absolute Gasteiger partial charge is 0.396 e. The van der Waals surface area contributed by atoms with Crippen LogP contribution in [-0.2, 0) is 6.54 Å². The zero-order valence-electron chi connectivity index (χ0n) is 15.1. The van der Waals surface area contributed by atoms with Crippen molar-refractivity contribution in [2.24, 2.45) is 5.92 Å². The Labute approximate surface area is 167 Å². The molecule has 1 fully saturated rings. The minimum Gasteiger partial charge on any atom is -0.396 e. The number of aliphatic hydroxyl groups is 1. The second-order valence-corrected chi connectivity index (χ2v) is 7.97. The molecule has 1 saturated carbocycles. The fraction of sp³-hybridized carbons (Fsp3) is 0.400. The van der Waals surface area contributed by atoms with Crippen LogP contribution in [0.3, 0.4) is 0 Å². The SMILES string of the molecule is OC[C@H]1CCCC[C@H]1Nc1cc(NCc2cccnc2)n2ncc(Br)c2c1. The second kappa shape index (κ2) is 8.27. The third-order valence-corrected chi connectivity index (χ3v) is 5.88. The molecule has 0 aliphatic heterocycles. The van der Waals surface area contributed by atoms with Crippen LogP contribution in [0.15, 0.2) is 47.3 Å². The molecule has 27 heavy (non-hydrogen) atoms. The highest BCUT2D eigenvalue weighted by Gasteiger charge is 2.24. The summed E-state index contributed by atoms with van der Waals surface area (Å²) in [4.78, 5) is 4.17. The highest BCUT2D eigenvalue weighted by molar-refractivity contribution is 9.10. The van der Waals surface area contributed by atoms with Gasteiger partial charge in [-0.2, -0.15) is 5.10 Å². The Bertz CT molecular complexity index is 898. The van der Waals surface area contributed by atoms with Gasteiger partial charge in [0.05, 0.1) is 16.2 Å². The van der Waals surface area contributed by atoms with Crippen molar-refractivity contribution in [1.29, 1.82) is 0 Å². The van der Waals surface area contributed by atoms with E-state index in [-0.39, 0.29) is 6.61 Å². The van der Waals surface area contributed by atoms with Gasteiger partial charge in [0.15, 0.2) is 0 Å². The van der Waals surface area contributed by atoms with Crippen molar-refractivity contribution in [2.45, 2.75) is 38.3 Å². The molecule has 0 radical (unpaired) electrons. The molecule has 3 aromatic heterocycles. The van der Waals surface area contributed by atoms with E-state index in [0.717, 1.165) is 39.9 Å². The maximum Gasteiger partial charge on any atom is 0.130 e. The van der Waals surface area contributed by atoms with Crippen LogP contribution in [0, 0.1) is 5.92 Å². The number of anilines is 2. The van der Waals surface area contributed by atoms with Crippen molar-refractivity contribution in [3.8, 4) is 0 Å². The van der Waals surface area contributed by atoms with Crippen molar-refractivity contribution >= 4 is 33.0 Å². The Balaban J connectivity index is 1.60. The minimum absolute atomic E-state index is 0.238. The number of aromatic nitrogens is 3. The molecule has 2 atom stereocenters. The van der Waals surface area contributed by atoms with Crippen molar-refractivity contribution in [2.75, 3.05) is 17.2 Å². The molecule has 6 nitrogen and oxygen atoms in total. The number of hydrogen-bond acceptors (Lipinski definition) is 5. The molecule has 3 N–H and O–H groups in total. The lowest BCUT2D eigenvalue weighted by atomic mass is 9.85. The van der Waals surface area contributed by atoms with Crippen LogP contribution in [0.25, 0.3) is 5.52 Å². The van der Waals surface area contributed by atoms with E-state index >= 15 is 0 Å². The quantitative estimate of drug-likeness (QED) is 0.550. The number of aliphatic hydroxyl groups excluding tert-OH is 1. The number of pyridine rings is 2. The highest BCUT2D eigenvalue weighted by atomic mass is 79.9. The van der Waals surface area contributed by atoms with Crippen LogP contribution in [0.1, 0.15) is 31.2 Å². The molecular weight excluding hydrogens is 406 g/mol. The zero-order valence-corrected chi connectivity index (χ0v) is 16.7. The summed E-state index contributed by atoms with van der Waals surface area (Å²) >= 11 is 3.59.